The number of carbonyl (C=O) groups is 1. The maximum atomic E-state index is 11.7. The number of hydrogen-bond acceptors (Lipinski definition) is 3. The van der Waals surface area contributed by atoms with Crippen molar-refractivity contribution in [2.45, 2.75) is 13.5 Å². The molecule has 1 amide bonds. The molecule has 3 heterocycles. The third-order valence-corrected chi connectivity index (χ3v) is 6.69. The smallest absolute Gasteiger partial charge is 0.222 e. The number of imidazole rings is 1. The lowest BCUT2D eigenvalue weighted by molar-refractivity contribution is -0.114. The number of nitrogens with one attached hydrogen (secondary N) is 3. The summed E-state index contributed by atoms with van der Waals surface area (Å²) in [5.74, 6) is 0.249. The first-order valence-corrected chi connectivity index (χ1v) is 12.2. The topological polar surface area (TPSA) is 91.5 Å². The highest BCUT2D eigenvalue weighted by atomic mass is 35.5. The molecule has 0 fully saturated rings. The maximum Gasteiger partial charge on any atom is 0.222 e. The average Bonchev–Trinajstić information content (AvgIpc) is 3.49. The Kier molecular flexibility index (Phi) is 5.62. The maximum absolute atomic E-state index is 11.7. The van der Waals surface area contributed by atoms with E-state index in [0.29, 0.717) is 23.0 Å². The van der Waals surface area contributed by atoms with Crippen LogP contribution in [0.15, 0.2) is 91.3 Å². The normalized spacial score (nSPS) is 11.3. The fourth-order valence-corrected chi connectivity index (χ4v) is 4.98. The predicted molar refractivity (Wildman–Crippen MR) is 147 cm³/mol. The summed E-state index contributed by atoms with van der Waals surface area (Å²) in [6.07, 6.45) is 3.45. The lowest BCUT2D eigenvalue weighted by atomic mass is 10.1. The minimum atomic E-state index is -0.203. The Morgan fingerprint density at radius 1 is 1.03 bits per heavy atom. The standard InChI is InChI=1S/C29H23ClN6O/c1-18(37)34-28-24(15-21(30)16-33-28)19-9-11-22(12-10-19)36-27-8-3-2-7-26(27)35(29(36)31)17-20-5-4-6-25-23(20)13-14-32-25/h2-16,31-32H,17H2,1H3,(H,33,34,37). The van der Waals surface area contributed by atoms with Crippen LogP contribution in [0.25, 0.3) is 38.8 Å². The molecule has 0 bridgehead atoms. The van der Waals surface area contributed by atoms with Gasteiger partial charge in [0.1, 0.15) is 5.82 Å². The van der Waals surface area contributed by atoms with Crippen LogP contribution in [0.2, 0.25) is 5.02 Å². The zero-order valence-electron chi connectivity index (χ0n) is 20.0. The second-order valence-corrected chi connectivity index (χ2v) is 9.30. The first kappa shape index (κ1) is 22.8. The number of aromatic nitrogens is 4. The van der Waals surface area contributed by atoms with Crippen LogP contribution in [0.5, 0.6) is 0 Å². The molecule has 0 saturated heterocycles. The third kappa shape index (κ3) is 4.09. The van der Waals surface area contributed by atoms with Crippen molar-refractivity contribution in [1.82, 2.24) is 19.1 Å². The van der Waals surface area contributed by atoms with E-state index in [4.69, 9.17) is 17.0 Å². The monoisotopic (exact) mass is 506 g/mol. The van der Waals surface area contributed by atoms with Crippen LogP contribution < -0.4 is 10.9 Å². The van der Waals surface area contributed by atoms with E-state index in [1.807, 2.05) is 69.9 Å². The van der Waals surface area contributed by atoms with Gasteiger partial charge in [-0.05, 0) is 53.6 Å². The molecule has 0 radical (unpaired) electrons. The largest absolute Gasteiger partial charge is 0.361 e. The minimum Gasteiger partial charge on any atom is -0.361 e. The molecule has 37 heavy (non-hydrogen) atoms. The SMILES string of the molecule is CC(=O)Nc1ncc(Cl)cc1-c1ccc(-n2c(=N)n(Cc3cccc4[nH]ccc34)c3ccccc32)cc1. The van der Waals surface area contributed by atoms with Gasteiger partial charge >= 0.3 is 0 Å². The van der Waals surface area contributed by atoms with Crippen molar-refractivity contribution in [3.8, 4) is 16.8 Å². The fourth-order valence-electron chi connectivity index (χ4n) is 4.83. The lowest BCUT2D eigenvalue weighted by Crippen LogP contribution is -2.24. The van der Waals surface area contributed by atoms with E-state index in [2.05, 4.69) is 33.5 Å². The number of carbonyl (C=O) groups excluding carboxylic acids is 1. The lowest BCUT2D eigenvalue weighted by Gasteiger charge is -2.11. The van der Waals surface area contributed by atoms with Crippen molar-refractivity contribution in [3.05, 3.63) is 107 Å². The van der Waals surface area contributed by atoms with Crippen molar-refractivity contribution in [1.29, 1.82) is 5.41 Å². The van der Waals surface area contributed by atoms with Crippen LogP contribution in [0.1, 0.15) is 12.5 Å². The highest BCUT2D eigenvalue weighted by Gasteiger charge is 2.15. The number of aromatic amines is 1. The van der Waals surface area contributed by atoms with Crippen molar-refractivity contribution >= 4 is 45.3 Å². The van der Waals surface area contributed by atoms with Gasteiger partial charge in [-0.1, -0.05) is 48.0 Å². The van der Waals surface area contributed by atoms with Crippen LogP contribution >= 0.6 is 11.6 Å². The Labute approximate surface area is 217 Å². The van der Waals surface area contributed by atoms with Gasteiger partial charge in [-0.2, -0.15) is 0 Å². The Morgan fingerprint density at radius 3 is 2.59 bits per heavy atom. The molecule has 8 heteroatoms. The van der Waals surface area contributed by atoms with E-state index in [1.54, 1.807) is 6.07 Å². The number of pyridine rings is 1. The van der Waals surface area contributed by atoms with Gasteiger partial charge in [-0.25, -0.2) is 4.98 Å². The highest BCUT2D eigenvalue weighted by Crippen LogP contribution is 2.30. The molecule has 0 spiro atoms. The van der Waals surface area contributed by atoms with E-state index in [0.717, 1.165) is 44.3 Å². The number of benzene rings is 3. The van der Waals surface area contributed by atoms with Crippen molar-refractivity contribution in [3.63, 3.8) is 0 Å². The molecule has 0 aliphatic carbocycles. The quantitative estimate of drug-likeness (QED) is 0.263. The Bertz CT molecular complexity index is 1840. The van der Waals surface area contributed by atoms with Crippen molar-refractivity contribution < 1.29 is 4.79 Å². The number of hydrogen-bond donors (Lipinski definition) is 3. The van der Waals surface area contributed by atoms with Crippen LogP contribution in [0.3, 0.4) is 0 Å². The van der Waals surface area contributed by atoms with Crippen LogP contribution in [0, 0.1) is 5.41 Å². The molecule has 3 aromatic heterocycles. The van der Waals surface area contributed by atoms with Gasteiger partial charge in [0.05, 0.1) is 22.6 Å². The molecule has 3 aromatic carbocycles. The van der Waals surface area contributed by atoms with Crippen LogP contribution in [-0.4, -0.2) is 25.0 Å². The van der Waals surface area contributed by atoms with E-state index < -0.39 is 0 Å². The van der Waals surface area contributed by atoms with Crippen LogP contribution in [-0.2, 0) is 11.3 Å². The minimum absolute atomic E-state index is 0.203. The van der Waals surface area contributed by atoms with E-state index in [1.165, 1.54) is 13.1 Å². The second-order valence-electron chi connectivity index (χ2n) is 8.87. The summed E-state index contributed by atoms with van der Waals surface area (Å²) in [5, 5.41) is 13.5. The average molecular weight is 507 g/mol. The number of H-pyrrole nitrogens is 1. The number of rotatable bonds is 5. The Morgan fingerprint density at radius 2 is 1.81 bits per heavy atom. The molecule has 0 atom stereocenters. The molecule has 0 aliphatic heterocycles. The first-order valence-electron chi connectivity index (χ1n) is 11.8. The molecule has 6 aromatic rings. The van der Waals surface area contributed by atoms with Gasteiger partial charge in [0.2, 0.25) is 11.5 Å². The first-order chi connectivity index (χ1) is 18.0. The van der Waals surface area contributed by atoms with E-state index >= 15 is 0 Å². The summed E-state index contributed by atoms with van der Waals surface area (Å²) in [5.41, 5.74) is 6.99. The molecule has 6 rings (SSSR count). The summed E-state index contributed by atoms with van der Waals surface area (Å²) in [7, 11) is 0. The molecular formula is C29H23ClN6O. The second kappa shape index (κ2) is 9.11. The summed E-state index contributed by atoms with van der Waals surface area (Å²) < 4.78 is 3.97. The van der Waals surface area contributed by atoms with Crippen molar-refractivity contribution in [2.24, 2.45) is 0 Å². The third-order valence-electron chi connectivity index (χ3n) is 6.48. The van der Waals surface area contributed by atoms with Gasteiger partial charge in [0.25, 0.3) is 0 Å². The summed E-state index contributed by atoms with van der Waals surface area (Å²) >= 11 is 6.21. The zero-order chi connectivity index (χ0) is 25.5. The summed E-state index contributed by atoms with van der Waals surface area (Å²) in [6, 6.07) is 26.0. The number of fused-ring (bicyclic) bond motifs is 2. The van der Waals surface area contributed by atoms with Gasteiger partial charge in [-0.3, -0.25) is 14.8 Å². The van der Waals surface area contributed by atoms with Crippen molar-refractivity contribution in [2.75, 3.05) is 5.32 Å². The van der Waals surface area contributed by atoms with Crippen LogP contribution in [0.4, 0.5) is 5.82 Å². The van der Waals surface area contributed by atoms with Gasteiger partial charge in [0.15, 0.2) is 0 Å². The predicted octanol–water partition coefficient (Wildman–Crippen LogP) is 6.11. The highest BCUT2D eigenvalue weighted by molar-refractivity contribution is 6.30. The number of nitrogens with zero attached hydrogens (tertiary/aromatic N) is 3. The molecule has 0 unspecified atom stereocenters. The number of amides is 1. The molecule has 7 nitrogen and oxygen atoms in total. The fraction of sp³-hybridized carbons (Fsp3) is 0.0690. The van der Waals surface area contributed by atoms with Gasteiger partial charge in [-0.15, -0.1) is 0 Å². The number of anilines is 1. The zero-order valence-corrected chi connectivity index (χ0v) is 20.8. The summed E-state index contributed by atoms with van der Waals surface area (Å²) in [6.45, 7) is 2.02. The van der Waals surface area contributed by atoms with E-state index in [9.17, 15) is 4.79 Å². The molecule has 0 saturated carbocycles. The molecule has 182 valence electrons. The summed E-state index contributed by atoms with van der Waals surface area (Å²) in [4.78, 5) is 19.2. The molecule has 0 aliphatic rings. The Hall–Kier alpha value is -4.62. The number of para-hydroxylation sites is 2. The van der Waals surface area contributed by atoms with E-state index in [-0.39, 0.29) is 5.91 Å². The molecular weight excluding hydrogens is 484 g/mol. The molecule has 3 N–H and O–H groups in total. The van der Waals surface area contributed by atoms with Gasteiger partial charge < -0.3 is 14.9 Å². The van der Waals surface area contributed by atoms with Gasteiger partial charge in [0, 0.05) is 41.5 Å². The Balaban J connectivity index is 1.44. The number of halogens is 1.